The number of halogens is 1. The SMILES string of the molecule is O=C(NCCc1cccnc1)C(NCCc1cccnc1)c1ccc(Cl)cc1. The molecule has 0 aliphatic carbocycles. The summed E-state index contributed by atoms with van der Waals surface area (Å²) in [6.45, 7) is 1.22. The summed E-state index contributed by atoms with van der Waals surface area (Å²) < 4.78 is 0. The molecule has 0 radical (unpaired) electrons. The Morgan fingerprint density at radius 2 is 1.50 bits per heavy atom. The third-order valence-corrected chi connectivity index (χ3v) is 4.64. The standard InChI is InChI=1S/C22H23ClN4O/c23-20-7-5-19(6-8-20)21(26-13-9-17-3-1-11-24-15-17)22(28)27-14-10-18-4-2-12-25-16-18/h1-8,11-12,15-16,21,26H,9-10,13-14H2,(H,27,28). The monoisotopic (exact) mass is 394 g/mol. The Hall–Kier alpha value is -2.76. The number of aromatic nitrogens is 2. The van der Waals surface area contributed by atoms with Crippen LogP contribution in [-0.4, -0.2) is 29.0 Å². The van der Waals surface area contributed by atoms with Crippen molar-refractivity contribution in [2.45, 2.75) is 18.9 Å². The van der Waals surface area contributed by atoms with Gasteiger partial charge in [0.15, 0.2) is 0 Å². The van der Waals surface area contributed by atoms with Crippen LogP contribution in [0.2, 0.25) is 5.02 Å². The van der Waals surface area contributed by atoms with Crippen molar-refractivity contribution in [3.05, 3.63) is 95.0 Å². The molecule has 0 saturated carbocycles. The Labute approximate surface area is 170 Å². The van der Waals surface area contributed by atoms with E-state index in [4.69, 9.17) is 11.6 Å². The average molecular weight is 395 g/mol. The molecule has 6 heteroatoms. The molecule has 28 heavy (non-hydrogen) atoms. The number of amides is 1. The summed E-state index contributed by atoms with van der Waals surface area (Å²) in [7, 11) is 0. The van der Waals surface area contributed by atoms with Crippen molar-refractivity contribution in [2.75, 3.05) is 13.1 Å². The van der Waals surface area contributed by atoms with Crippen molar-refractivity contribution in [2.24, 2.45) is 0 Å². The second-order valence-corrected chi connectivity index (χ2v) is 6.89. The highest BCUT2D eigenvalue weighted by atomic mass is 35.5. The van der Waals surface area contributed by atoms with Gasteiger partial charge in [-0.15, -0.1) is 0 Å². The highest BCUT2D eigenvalue weighted by molar-refractivity contribution is 6.30. The zero-order valence-corrected chi connectivity index (χ0v) is 16.3. The molecule has 144 valence electrons. The summed E-state index contributed by atoms with van der Waals surface area (Å²) in [6, 6.07) is 14.8. The molecule has 1 atom stereocenters. The van der Waals surface area contributed by atoms with Gasteiger partial charge in [-0.3, -0.25) is 14.8 Å². The first kappa shape index (κ1) is 20.0. The van der Waals surface area contributed by atoms with Gasteiger partial charge in [0.05, 0.1) is 0 Å². The van der Waals surface area contributed by atoms with E-state index in [2.05, 4.69) is 20.6 Å². The summed E-state index contributed by atoms with van der Waals surface area (Å²) in [4.78, 5) is 21.1. The van der Waals surface area contributed by atoms with Crippen molar-refractivity contribution in [1.82, 2.24) is 20.6 Å². The lowest BCUT2D eigenvalue weighted by Gasteiger charge is -2.19. The molecule has 2 heterocycles. The van der Waals surface area contributed by atoms with Crippen molar-refractivity contribution in [3.8, 4) is 0 Å². The lowest BCUT2D eigenvalue weighted by atomic mass is 10.1. The van der Waals surface area contributed by atoms with E-state index < -0.39 is 6.04 Å². The Morgan fingerprint density at radius 3 is 2.07 bits per heavy atom. The van der Waals surface area contributed by atoms with E-state index >= 15 is 0 Å². The van der Waals surface area contributed by atoms with Gasteiger partial charge in [0, 0.05) is 42.9 Å². The zero-order chi connectivity index (χ0) is 19.6. The molecule has 0 aliphatic rings. The minimum absolute atomic E-state index is 0.0580. The van der Waals surface area contributed by atoms with E-state index in [0.29, 0.717) is 18.1 Å². The summed E-state index contributed by atoms with van der Waals surface area (Å²) in [5, 5.41) is 7.02. The second-order valence-electron chi connectivity index (χ2n) is 6.45. The van der Waals surface area contributed by atoms with Crippen molar-refractivity contribution in [1.29, 1.82) is 0 Å². The quantitative estimate of drug-likeness (QED) is 0.584. The van der Waals surface area contributed by atoms with Crippen LogP contribution in [-0.2, 0) is 17.6 Å². The van der Waals surface area contributed by atoms with Crippen molar-refractivity contribution < 1.29 is 4.79 Å². The first-order chi connectivity index (χ1) is 13.7. The average Bonchev–Trinajstić information content (AvgIpc) is 2.73. The van der Waals surface area contributed by atoms with Crippen LogP contribution < -0.4 is 10.6 Å². The van der Waals surface area contributed by atoms with Crippen LogP contribution >= 0.6 is 11.6 Å². The minimum atomic E-state index is -0.442. The van der Waals surface area contributed by atoms with E-state index in [1.165, 1.54) is 0 Å². The summed E-state index contributed by atoms with van der Waals surface area (Å²) >= 11 is 6.00. The maximum atomic E-state index is 12.8. The summed E-state index contributed by atoms with van der Waals surface area (Å²) in [5.74, 6) is -0.0580. The van der Waals surface area contributed by atoms with Crippen LogP contribution in [0.4, 0.5) is 0 Å². The zero-order valence-electron chi connectivity index (χ0n) is 15.5. The summed E-state index contributed by atoms with van der Waals surface area (Å²) in [5.41, 5.74) is 3.10. The van der Waals surface area contributed by atoms with E-state index in [1.807, 2.05) is 48.8 Å². The molecule has 0 aliphatic heterocycles. The molecule has 1 unspecified atom stereocenters. The van der Waals surface area contributed by atoms with Crippen LogP contribution in [0.25, 0.3) is 0 Å². The van der Waals surface area contributed by atoms with Crippen LogP contribution in [0.3, 0.4) is 0 Å². The Balaban J connectivity index is 1.59. The number of carbonyl (C=O) groups excluding carboxylic acids is 1. The van der Waals surface area contributed by atoms with Gasteiger partial charge >= 0.3 is 0 Å². The topological polar surface area (TPSA) is 66.9 Å². The molecule has 2 aromatic heterocycles. The lowest BCUT2D eigenvalue weighted by molar-refractivity contribution is -0.123. The van der Waals surface area contributed by atoms with Gasteiger partial charge in [-0.25, -0.2) is 0 Å². The number of pyridine rings is 2. The number of benzene rings is 1. The van der Waals surface area contributed by atoms with E-state index in [0.717, 1.165) is 29.5 Å². The number of nitrogens with zero attached hydrogens (tertiary/aromatic N) is 2. The van der Waals surface area contributed by atoms with E-state index in [9.17, 15) is 4.79 Å². The molecule has 0 saturated heterocycles. The van der Waals surface area contributed by atoms with E-state index in [1.54, 1.807) is 24.5 Å². The maximum Gasteiger partial charge on any atom is 0.241 e. The number of hydrogen-bond donors (Lipinski definition) is 2. The third kappa shape index (κ3) is 6.15. The molecule has 3 aromatic rings. The number of hydrogen-bond acceptors (Lipinski definition) is 4. The van der Waals surface area contributed by atoms with Crippen LogP contribution in [0, 0.1) is 0 Å². The fourth-order valence-corrected chi connectivity index (χ4v) is 3.03. The van der Waals surface area contributed by atoms with Gasteiger partial charge in [-0.1, -0.05) is 35.9 Å². The fraction of sp³-hybridized carbons (Fsp3) is 0.227. The normalized spacial score (nSPS) is 11.8. The molecule has 0 spiro atoms. The summed E-state index contributed by atoms with van der Waals surface area (Å²) in [6.07, 6.45) is 8.68. The molecule has 0 fully saturated rings. The lowest BCUT2D eigenvalue weighted by Crippen LogP contribution is -2.39. The molecule has 3 rings (SSSR count). The Morgan fingerprint density at radius 1 is 0.893 bits per heavy atom. The number of rotatable bonds is 9. The molecule has 2 N–H and O–H groups in total. The van der Waals surface area contributed by atoms with Gasteiger partial charge in [0.2, 0.25) is 5.91 Å². The minimum Gasteiger partial charge on any atom is -0.354 e. The second kappa shape index (κ2) is 10.5. The highest BCUT2D eigenvalue weighted by Crippen LogP contribution is 2.17. The molecule has 1 amide bonds. The van der Waals surface area contributed by atoms with Crippen LogP contribution in [0.1, 0.15) is 22.7 Å². The molecule has 1 aromatic carbocycles. The third-order valence-electron chi connectivity index (χ3n) is 4.39. The van der Waals surface area contributed by atoms with Crippen molar-refractivity contribution in [3.63, 3.8) is 0 Å². The van der Waals surface area contributed by atoms with Gasteiger partial charge in [0.1, 0.15) is 6.04 Å². The smallest absolute Gasteiger partial charge is 0.241 e. The predicted molar refractivity (Wildman–Crippen MR) is 111 cm³/mol. The van der Waals surface area contributed by atoms with E-state index in [-0.39, 0.29) is 5.91 Å². The fourth-order valence-electron chi connectivity index (χ4n) is 2.90. The Kier molecular flexibility index (Phi) is 7.53. The first-order valence-corrected chi connectivity index (χ1v) is 9.64. The highest BCUT2D eigenvalue weighted by Gasteiger charge is 2.19. The van der Waals surface area contributed by atoms with Crippen molar-refractivity contribution >= 4 is 17.5 Å². The predicted octanol–water partition coefficient (Wildman–Crippen LogP) is 3.36. The van der Waals surface area contributed by atoms with Gasteiger partial charge in [-0.05, 0) is 53.8 Å². The molecule has 5 nitrogen and oxygen atoms in total. The van der Waals surface area contributed by atoms with Gasteiger partial charge in [-0.2, -0.15) is 0 Å². The van der Waals surface area contributed by atoms with Crippen LogP contribution in [0.5, 0.6) is 0 Å². The molecular weight excluding hydrogens is 372 g/mol. The molecular formula is C22H23ClN4O. The van der Waals surface area contributed by atoms with Crippen LogP contribution in [0.15, 0.2) is 73.3 Å². The molecule has 0 bridgehead atoms. The maximum absolute atomic E-state index is 12.8. The Bertz CT molecular complexity index is 857. The largest absolute Gasteiger partial charge is 0.354 e. The van der Waals surface area contributed by atoms with Gasteiger partial charge < -0.3 is 10.6 Å². The van der Waals surface area contributed by atoms with Gasteiger partial charge in [0.25, 0.3) is 0 Å². The first-order valence-electron chi connectivity index (χ1n) is 9.27. The number of carbonyl (C=O) groups is 1. The number of nitrogens with one attached hydrogen (secondary N) is 2.